The van der Waals surface area contributed by atoms with E-state index >= 15 is 0 Å². The smallest absolute Gasteiger partial charge is 0.191 e. The Kier molecular flexibility index (Phi) is 5.07. The lowest BCUT2D eigenvalue weighted by Gasteiger charge is -2.12. The van der Waals surface area contributed by atoms with Gasteiger partial charge in [0.05, 0.1) is 6.54 Å². The first-order valence-electron chi connectivity index (χ1n) is 6.54. The Morgan fingerprint density at radius 1 is 1.42 bits per heavy atom. The van der Waals surface area contributed by atoms with Crippen LogP contribution in [0, 0.1) is 5.92 Å². The summed E-state index contributed by atoms with van der Waals surface area (Å²) in [6.07, 6.45) is 1.23. The number of rotatable bonds is 5. The number of benzene rings is 1. The predicted molar refractivity (Wildman–Crippen MR) is 81.7 cm³/mol. The molecule has 0 heterocycles. The van der Waals surface area contributed by atoms with Crippen LogP contribution in [-0.2, 0) is 0 Å². The van der Waals surface area contributed by atoms with Gasteiger partial charge in [0.15, 0.2) is 5.96 Å². The van der Waals surface area contributed by atoms with Crippen molar-refractivity contribution in [1.29, 1.82) is 0 Å². The Labute approximate surface area is 122 Å². The molecule has 1 aliphatic carbocycles. The second kappa shape index (κ2) is 6.80. The van der Waals surface area contributed by atoms with E-state index in [0.717, 1.165) is 28.6 Å². The Hall–Kier alpha value is -1.23. The molecule has 1 aromatic rings. The molecule has 104 valence electrons. The third-order valence-electron chi connectivity index (χ3n) is 3.13. The molecule has 0 spiro atoms. The Morgan fingerprint density at radius 2 is 2.11 bits per heavy atom. The van der Waals surface area contributed by atoms with Crippen LogP contribution in [0.5, 0.6) is 5.75 Å². The third-order valence-corrected chi connectivity index (χ3v) is 3.66. The fourth-order valence-corrected chi connectivity index (χ4v) is 2.03. The molecule has 2 atom stereocenters. The number of ether oxygens (including phenoxy) is 1. The second-order valence-corrected chi connectivity index (χ2v) is 5.68. The maximum Gasteiger partial charge on any atom is 0.191 e. The molecule has 1 aromatic carbocycles. The van der Waals surface area contributed by atoms with Crippen LogP contribution in [0.15, 0.2) is 33.7 Å². The highest BCUT2D eigenvalue weighted by atomic mass is 79.9. The van der Waals surface area contributed by atoms with Crippen LogP contribution < -0.4 is 15.4 Å². The molecule has 0 radical (unpaired) electrons. The Balaban J connectivity index is 1.64. The monoisotopic (exact) mass is 325 g/mol. The van der Waals surface area contributed by atoms with Crippen molar-refractivity contribution < 1.29 is 4.74 Å². The summed E-state index contributed by atoms with van der Waals surface area (Å²) in [5.41, 5.74) is 0. The van der Waals surface area contributed by atoms with E-state index in [1.54, 1.807) is 7.05 Å². The molecule has 0 aromatic heterocycles. The van der Waals surface area contributed by atoms with Gasteiger partial charge in [0, 0.05) is 17.6 Å². The molecule has 0 saturated heterocycles. The maximum atomic E-state index is 5.63. The normalized spacial score (nSPS) is 21.9. The number of hydrogen-bond donors (Lipinski definition) is 2. The van der Waals surface area contributed by atoms with E-state index in [0.29, 0.717) is 12.6 Å². The van der Waals surface area contributed by atoms with E-state index in [1.807, 2.05) is 24.3 Å². The molecule has 0 aliphatic heterocycles. The van der Waals surface area contributed by atoms with Crippen molar-refractivity contribution in [2.24, 2.45) is 10.9 Å². The minimum atomic E-state index is 0.582. The molecule has 4 nitrogen and oxygen atoms in total. The van der Waals surface area contributed by atoms with Crippen molar-refractivity contribution in [3.05, 3.63) is 28.7 Å². The summed E-state index contributed by atoms with van der Waals surface area (Å²) < 4.78 is 6.69. The molecule has 19 heavy (non-hydrogen) atoms. The zero-order valence-corrected chi connectivity index (χ0v) is 12.9. The van der Waals surface area contributed by atoms with Crippen molar-refractivity contribution in [2.75, 3.05) is 20.2 Å². The summed E-state index contributed by atoms with van der Waals surface area (Å²) in [6.45, 7) is 3.58. The lowest BCUT2D eigenvalue weighted by molar-refractivity contribution is 0.322. The van der Waals surface area contributed by atoms with E-state index < -0.39 is 0 Å². The van der Waals surface area contributed by atoms with Crippen LogP contribution in [0.2, 0.25) is 0 Å². The molecular weight excluding hydrogens is 306 g/mol. The SMILES string of the molecule is CN=C(NCCOc1ccc(Br)cc1)NC1CC1C. The lowest BCUT2D eigenvalue weighted by Crippen LogP contribution is -2.40. The zero-order valence-electron chi connectivity index (χ0n) is 11.3. The Bertz CT molecular complexity index is 433. The standard InChI is InChI=1S/C14H20BrN3O/c1-10-9-13(10)18-14(16-2)17-7-8-19-12-5-3-11(15)4-6-12/h3-6,10,13H,7-9H2,1-2H3,(H2,16,17,18). The topological polar surface area (TPSA) is 45.7 Å². The fourth-order valence-electron chi connectivity index (χ4n) is 1.76. The number of hydrogen-bond acceptors (Lipinski definition) is 2. The minimum Gasteiger partial charge on any atom is -0.492 e. The molecule has 1 aliphatic rings. The van der Waals surface area contributed by atoms with Crippen molar-refractivity contribution in [1.82, 2.24) is 10.6 Å². The first-order chi connectivity index (χ1) is 9.19. The summed E-state index contributed by atoms with van der Waals surface area (Å²) in [6, 6.07) is 8.42. The van der Waals surface area contributed by atoms with Gasteiger partial charge in [-0.25, -0.2) is 0 Å². The average molecular weight is 326 g/mol. The van der Waals surface area contributed by atoms with E-state index in [-0.39, 0.29) is 0 Å². The van der Waals surface area contributed by atoms with Gasteiger partial charge >= 0.3 is 0 Å². The second-order valence-electron chi connectivity index (χ2n) is 4.77. The maximum absolute atomic E-state index is 5.63. The van der Waals surface area contributed by atoms with Gasteiger partial charge in [-0.1, -0.05) is 22.9 Å². The van der Waals surface area contributed by atoms with Crippen LogP contribution in [0.3, 0.4) is 0 Å². The summed E-state index contributed by atoms with van der Waals surface area (Å²) in [5, 5.41) is 6.62. The number of nitrogens with zero attached hydrogens (tertiary/aromatic N) is 1. The summed E-state index contributed by atoms with van der Waals surface area (Å²) in [4.78, 5) is 4.19. The van der Waals surface area contributed by atoms with Gasteiger partial charge in [-0.05, 0) is 36.6 Å². The quantitative estimate of drug-likeness (QED) is 0.496. The summed E-state index contributed by atoms with van der Waals surface area (Å²) >= 11 is 3.40. The van der Waals surface area contributed by atoms with E-state index in [9.17, 15) is 0 Å². The highest BCUT2D eigenvalue weighted by molar-refractivity contribution is 9.10. The number of nitrogens with one attached hydrogen (secondary N) is 2. The summed E-state index contributed by atoms with van der Waals surface area (Å²) in [7, 11) is 1.79. The molecule has 1 saturated carbocycles. The van der Waals surface area contributed by atoms with Gasteiger partial charge in [-0.3, -0.25) is 4.99 Å². The molecular formula is C14H20BrN3O. The molecule has 0 bridgehead atoms. The Morgan fingerprint density at radius 3 is 2.68 bits per heavy atom. The van der Waals surface area contributed by atoms with Crippen molar-refractivity contribution in [3.63, 3.8) is 0 Å². The molecule has 1 fully saturated rings. The molecule has 5 heteroatoms. The van der Waals surface area contributed by atoms with Gasteiger partial charge in [0.1, 0.15) is 12.4 Å². The first kappa shape index (κ1) is 14.2. The number of aliphatic imine (C=N–C) groups is 1. The fraction of sp³-hybridized carbons (Fsp3) is 0.500. The van der Waals surface area contributed by atoms with E-state index in [1.165, 1.54) is 6.42 Å². The molecule has 2 unspecified atom stereocenters. The number of halogens is 1. The summed E-state index contributed by atoms with van der Waals surface area (Å²) in [5.74, 6) is 2.50. The van der Waals surface area contributed by atoms with Gasteiger partial charge in [0.25, 0.3) is 0 Å². The van der Waals surface area contributed by atoms with Crippen LogP contribution >= 0.6 is 15.9 Å². The highest BCUT2D eigenvalue weighted by Crippen LogP contribution is 2.28. The molecule has 0 amide bonds. The minimum absolute atomic E-state index is 0.582. The number of guanidine groups is 1. The first-order valence-corrected chi connectivity index (χ1v) is 7.34. The van der Waals surface area contributed by atoms with E-state index in [2.05, 4.69) is 38.5 Å². The molecule has 2 N–H and O–H groups in total. The van der Waals surface area contributed by atoms with Crippen LogP contribution in [0.1, 0.15) is 13.3 Å². The largest absolute Gasteiger partial charge is 0.492 e. The van der Waals surface area contributed by atoms with Crippen molar-refractivity contribution in [2.45, 2.75) is 19.4 Å². The van der Waals surface area contributed by atoms with Gasteiger partial charge in [-0.2, -0.15) is 0 Å². The van der Waals surface area contributed by atoms with Crippen LogP contribution in [-0.4, -0.2) is 32.2 Å². The lowest BCUT2D eigenvalue weighted by atomic mass is 10.3. The van der Waals surface area contributed by atoms with Crippen LogP contribution in [0.4, 0.5) is 0 Å². The average Bonchev–Trinajstić information content (AvgIpc) is 3.11. The highest BCUT2D eigenvalue weighted by Gasteiger charge is 2.33. The van der Waals surface area contributed by atoms with Crippen molar-refractivity contribution in [3.8, 4) is 5.75 Å². The van der Waals surface area contributed by atoms with Gasteiger partial charge in [0.2, 0.25) is 0 Å². The molecule has 2 rings (SSSR count). The van der Waals surface area contributed by atoms with Gasteiger partial charge in [-0.15, -0.1) is 0 Å². The third kappa shape index (κ3) is 4.74. The van der Waals surface area contributed by atoms with Crippen molar-refractivity contribution >= 4 is 21.9 Å². The zero-order chi connectivity index (χ0) is 13.7. The van der Waals surface area contributed by atoms with E-state index in [4.69, 9.17) is 4.74 Å². The predicted octanol–water partition coefficient (Wildman–Crippen LogP) is 2.40. The van der Waals surface area contributed by atoms with Gasteiger partial charge < -0.3 is 15.4 Å². The van der Waals surface area contributed by atoms with Crippen LogP contribution in [0.25, 0.3) is 0 Å².